The molecule has 1 amide bonds. The molecular formula is C15H21NO3. The molecule has 1 aliphatic heterocycles. The molecule has 104 valence electrons. The minimum Gasteiger partial charge on any atom is -0.445 e. The van der Waals surface area contributed by atoms with Gasteiger partial charge in [0.05, 0.1) is 12.1 Å². The third-order valence-electron chi connectivity index (χ3n) is 3.39. The Morgan fingerprint density at radius 3 is 2.84 bits per heavy atom. The van der Waals surface area contributed by atoms with Gasteiger partial charge in [0.15, 0.2) is 0 Å². The maximum atomic E-state index is 12.0. The molecule has 1 N–H and O–H groups in total. The highest BCUT2D eigenvalue weighted by Gasteiger charge is 2.29. The Bertz CT molecular complexity index is 417. The monoisotopic (exact) mass is 263 g/mol. The fourth-order valence-electron chi connectivity index (χ4n) is 2.34. The first-order valence-electron chi connectivity index (χ1n) is 6.75. The summed E-state index contributed by atoms with van der Waals surface area (Å²) in [5.74, 6) is 0. The zero-order valence-corrected chi connectivity index (χ0v) is 11.3. The van der Waals surface area contributed by atoms with Crippen LogP contribution in [0.3, 0.4) is 0 Å². The van der Waals surface area contributed by atoms with E-state index in [0.29, 0.717) is 13.1 Å². The predicted octanol–water partition coefficient (Wildman–Crippen LogP) is 2.56. The van der Waals surface area contributed by atoms with Crippen molar-refractivity contribution in [2.75, 3.05) is 13.1 Å². The van der Waals surface area contributed by atoms with Crippen LogP contribution in [0, 0.1) is 0 Å². The predicted molar refractivity (Wildman–Crippen MR) is 72.7 cm³/mol. The number of β-amino-alcohol motifs (C(OH)–C–C–N with tert-alkyl or cyclic N) is 1. The summed E-state index contributed by atoms with van der Waals surface area (Å²) in [6, 6.07) is 9.61. The number of amides is 1. The van der Waals surface area contributed by atoms with Crippen molar-refractivity contribution in [3.63, 3.8) is 0 Å². The van der Waals surface area contributed by atoms with Gasteiger partial charge in [-0.2, -0.15) is 0 Å². The molecule has 1 aliphatic rings. The number of carbonyl (C=O) groups is 1. The van der Waals surface area contributed by atoms with E-state index in [9.17, 15) is 9.90 Å². The van der Waals surface area contributed by atoms with Crippen LogP contribution >= 0.6 is 0 Å². The Balaban J connectivity index is 1.88. The summed E-state index contributed by atoms with van der Waals surface area (Å²) < 4.78 is 5.29. The molecule has 4 nitrogen and oxygen atoms in total. The van der Waals surface area contributed by atoms with E-state index in [1.165, 1.54) is 0 Å². The molecule has 1 saturated heterocycles. The molecule has 0 unspecified atom stereocenters. The molecule has 1 heterocycles. The lowest BCUT2D eigenvalue weighted by Gasteiger charge is -2.27. The normalized spacial score (nSPS) is 23.8. The lowest BCUT2D eigenvalue weighted by Crippen LogP contribution is -2.42. The van der Waals surface area contributed by atoms with Crippen molar-refractivity contribution in [1.29, 1.82) is 0 Å². The van der Waals surface area contributed by atoms with Crippen molar-refractivity contribution in [3.05, 3.63) is 35.9 Å². The summed E-state index contributed by atoms with van der Waals surface area (Å²) in [6.45, 7) is 3.05. The van der Waals surface area contributed by atoms with Crippen molar-refractivity contribution in [2.45, 2.75) is 38.4 Å². The number of likely N-dealkylation sites (tertiary alicyclic amines) is 1. The van der Waals surface area contributed by atoms with Crippen molar-refractivity contribution in [3.8, 4) is 0 Å². The van der Waals surface area contributed by atoms with Crippen LogP contribution in [0.5, 0.6) is 0 Å². The number of benzene rings is 1. The van der Waals surface area contributed by atoms with Crippen LogP contribution < -0.4 is 0 Å². The van der Waals surface area contributed by atoms with Crippen molar-refractivity contribution in [2.24, 2.45) is 0 Å². The Morgan fingerprint density at radius 1 is 1.37 bits per heavy atom. The van der Waals surface area contributed by atoms with Crippen LogP contribution in [-0.2, 0) is 11.3 Å². The molecule has 1 atom stereocenters. The van der Waals surface area contributed by atoms with Gasteiger partial charge in [0.25, 0.3) is 0 Å². The standard InChI is InChI=1S/C15H21NO3/c1-15(18)9-5-6-10-16(12-15)14(17)19-11-13-7-3-2-4-8-13/h2-4,7-8,18H,5-6,9-12H2,1H3/t15-/m1/s1. The fourth-order valence-corrected chi connectivity index (χ4v) is 2.34. The first kappa shape index (κ1) is 13.9. The number of aliphatic hydroxyl groups is 1. The van der Waals surface area contributed by atoms with E-state index in [1.54, 1.807) is 11.8 Å². The van der Waals surface area contributed by atoms with Gasteiger partial charge in [-0.3, -0.25) is 0 Å². The molecule has 2 rings (SSSR count). The molecule has 0 saturated carbocycles. The van der Waals surface area contributed by atoms with E-state index in [-0.39, 0.29) is 12.7 Å². The quantitative estimate of drug-likeness (QED) is 0.892. The SMILES string of the molecule is C[C@@]1(O)CCCCN(C(=O)OCc2ccccc2)C1. The fraction of sp³-hybridized carbons (Fsp3) is 0.533. The van der Waals surface area contributed by atoms with E-state index in [1.807, 2.05) is 30.3 Å². The third kappa shape index (κ3) is 4.24. The Hall–Kier alpha value is -1.55. The molecule has 0 radical (unpaired) electrons. The summed E-state index contributed by atoms with van der Waals surface area (Å²) in [4.78, 5) is 13.6. The molecule has 1 aromatic carbocycles. The van der Waals surface area contributed by atoms with Crippen LogP contribution in [0.2, 0.25) is 0 Å². The number of hydrogen-bond donors (Lipinski definition) is 1. The molecule has 0 aromatic heterocycles. The summed E-state index contributed by atoms with van der Waals surface area (Å²) in [7, 11) is 0. The minimum absolute atomic E-state index is 0.276. The summed E-state index contributed by atoms with van der Waals surface area (Å²) in [5, 5.41) is 10.1. The van der Waals surface area contributed by atoms with Gasteiger partial charge in [-0.15, -0.1) is 0 Å². The topological polar surface area (TPSA) is 49.8 Å². The molecule has 0 aliphatic carbocycles. The van der Waals surface area contributed by atoms with Gasteiger partial charge in [0.1, 0.15) is 6.61 Å². The van der Waals surface area contributed by atoms with Gasteiger partial charge in [-0.05, 0) is 31.7 Å². The number of carbonyl (C=O) groups excluding carboxylic acids is 1. The number of ether oxygens (including phenoxy) is 1. The number of hydrogen-bond acceptors (Lipinski definition) is 3. The van der Waals surface area contributed by atoms with E-state index in [4.69, 9.17) is 4.74 Å². The Kier molecular flexibility index (Phi) is 4.43. The molecular weight excluding hydrogens is 242 g/mol. The van der Waals surface area contributed by atoms with Crippen molar-refractivity contribution < 1.29 is 14.6 Å². The highest BCUT2D eigenvalue weighted by atomic mass is 16.6. The Labute approximate surface area is 114 Å². The highest BCUT2D eigenvalue weighted by Crippen LogP contribution is 2.20. The smallest absolute Gasteiger partial charge is 0.410 e. The van der Waals surface area contributed by atoms with Crippen molar-refractivity contribution >= 4 is 6.09 Å². The first-order valence-corrected chi connectivity index (χ1v) is 6.75. The van der Waals surface area contributed by atoms with Gasteiger partial charge in [0, 0.05) is 6.54 Å². The Morgan fingerprint density at radius 2 is 2.11 bits per heavy atom. The zero-order chi connectivity index (χ0) is 13.7. The van der Waals surface area contributed by atoms with Crippen LogP contribution in [0.15, 0.2) is 30.3 Å². The summed E-state index contributed by atoms with van der Waals surface area (Å²) in [6.07, 6.45) is 2.24. The average molecular weight is 263 g/mol. The van der Waals surface area contributed by atoms with Crippen LogP contribution in [0.1, 0.15) is 31.7 Å². The molecule has 4 heteroatoms. The molecule has 0 bridgehead atoms. The molecule has 1 aromatic rings. The maximum absolute atomic E-state index is 12.0. The minimum atomic E-state index is -0.803. The van der Waals surface area contributed by atoms with E-state index in [0.717, 1.165) is 24.8 Å². The van der Waals surface area contributed by atoms with Gasteiger partial charge in [0.2, 0.25) is 0 Å². The molecule has 1 fully saturated rings. The highest BCUT2D eigenvalue weighted by molar-refractivity contribution is 5.67. The molecule has 19 heavy (non-hydrogen) atoms. The zero-order valence-electron chi connectivity index (χ0n) is 11.3. The lowest BCUT2D eigenvalue weighted by atomic mass is 10.0. The van der Waals surface area contributed by atoms with E-state index >= 15 is 0 Å². The number of rotatable bonds is 2. The largest absolute Gasteiger partial charge is 0.445 e. The summed E-state index contributed by atoms with van der Waals surface area (Å²) >= 11 is 0. The van der Waals surface area contributed by atoms with Gasteiger partial charge < -0.3 is 14.7 Å². The van der Waals surface area contributed by atoms with Crippen LogP contribution in [-0.4, -0.2) is 34.8 Å². The third-order valence-corrected chi connectivity index (χ3v) is 3.39. The van der Waals surface area contributed by atoms with Gasteiger partial charge >= 0.3 is 6.09 Å². The second-order valence-corrected chi connectivity index (χ2v) is 5.42. The first-order chi connectivity index (χ1) is 9.07. The number of nitrogens with zero attached hydrogens (tertiary/aromatic N) is 1. The second-order valence-electron chi connectivity index (χ2n) is 5.42. The van der Waals surface area contributed by atoms with Crippen LogP contribution in [0.4, 0.5) is 4.79 Å². The van der Waals surface area contributed by atoms with Crippen molar-refractivity contribution in [1.82, 2.24) is 4.90 Å². The maximum Gasteiger partial charge on any atom is 0.410 e. The van der Waals surface area contributed by atoms with E-state index < -0.39 is 5.60 Å². The second kappa shape index (κ2) is 6.06. The van der Waals surface area contributed by atoms with Crippen LogP contribution in [0.25, 0.3) is 0 Å². The molecule has 0 spiro atoms. The summed E-state index contributed by atoms with van der Waals surface area (Å²) in [5.41, 5.74) is 0.167. The lowest BCUT2D eigenvalue weighted by molar-refractivity contribution is 0.0175. The van der Waals surface area contributed by atoms with E-state index in [2.05, 4.69) is 0 Å². The average Bonchev–Trinajstić information content (AvgIpc) is 2.58. The van der Waals surface area contributed by atoms with Gasteiger partial charge in [-0.25, -0.2) is 4.79 Å². The van der Waals surface area contributed by atoms with Gasteiger partial charge in [-0.1, -0.05) is 30.3 Å².